The van der Waals surface area contributed by atoms with Crippen LogP contribution in [0, 0.1) is 5.92 Å². The number of nitrogens with one attached hydrogen (secondary N) is 1. The minimum Gasteiger partial charge on any atom is -0.356 e. The van der Waals surface area contributed by atoms with Crippen molar-refractivity contribution in [1.82, 2.24) is 10.5 Å². The molecule has 0 spiro atoms. The Labute approximate surface area is 124 Å². The highest BCUT2D eigenvalue weighted by Crippen LogP contribution is 2.22. The van der Waals surface area contributed by atoms with E-state index < -0.39 is 0 Å². The molecule has 0 amide bonds. The van der Waals surface area contributed by atoms with Crippen molar-refractivity contribution < 1.29 is 4.52 Å². The summed E-state index contributed by atoms with van der Waals surface area (Å²) in [6, 6.07) is 4.06. The molecule has 0 radical (unpaired) electrons. The first-order chi connectivity index (χ1) is 9.83. The lowest BCUT2D eigenvalue weighted by molar-refractivity contribution is 0.415. The number of allylic oxidation sites excluding steroid dienone is 1. The number of aromatic nitrogens is 1. The van der Waals surface area contributed by atoms with Crippen LogP contribution in [0.2, 0.25) is 0 Å². The van der Waals surface area contributed by atoms with E-state index in [0.29, 0.717) is 0 Å². The third-order valence-corrected chi connectivity index (χ3v) is 4.16. The number of nitrogens with zero attached hydrogens (tertiary/aromatic N) is 1. The summed E-state index contributed by atoms with van der Waals surface area (Å²) in [4.78, 5) is 0. The van der Waals surface area contributed by atoms with Gasteiger partial charge < -0.3 is 9.84 Å². The van der Waals surface area contributed by atoms with Crippen molar-refractivity contribution in [3.63, 3.8) is 0 Å². The Morgan fingerprint density at radius 1 is 1.55 bits per heavy atom. The van der Waals surface area contributed by atoms with E-state index in [0.717, 1.165) is 42.4 Å². The van der Waals surface area contributed by atoms with Gasteiger partial charge in [-0.1, -0.05) is 24.6 Å². The molecule has 2 aromatic rings. The van der Waals surface area contributed by atoms with Crippen LogP contribution in [0.3, 0.4) is 0 Å². The van der Waals surface area contributed by atoms with Crippen molar-refractivity contribution in [2.45, 2.75) is 32.7 Å². The summed E-state index contributed by atoms with van der Waals surface area (Å²) in [5, 5.41) is 11.6. The fourth-order valence-corrected chi connectivity index (χ4v) is 2.83. The van der Waals surface area contributed by atoms with Crippen LogP contribution in [0.5, 0.6) is 0 Å². The maximum Gasteiger partial charge on any atom is 0.168 e. The van der Waals surface area contributed by atoms with Crippen LogP contribution in [0.25, 0.3) is 11.3 Å². The Balaban J connectivity index is 1.73. The summed E-state index contributed by atoms with van der Waals surface area (Å²) < 4.78 is 5.35. The fourth-order valence-electron chi connectivity index (χ4n) is 2.18. The third-order valence-electron chi connectivity index (χ3n) is 3.48. The molecule has 108 valence electrons. The summed E-state index contributed by atoms with van der Waals surface area (Å²) in [7, 11) is 0. The molecule has 3 nitrogen and oxygen atoms in total. The lowest BCUT2D eigenvalue weighted by atomic mass is 9.99. The van der Waals surface area contributed by atoms with Crippen LogP contribution in [-0.4, -0.2) is 11.7 Å². The van der Waals surface area contributed by atoms with Gasteiger partial charge in [-0.3, -0.25) is 0 Å². The lowest BCUT2D eigenvalue weighted by Gasteiger charge is -2.12. The van der Waals surface area contributed by atoms with Crippen molar-refractivity contribution in [2.24, 2.45) is 5.92 Å². The van der Waals surface area contributed by atoms with E-state index in [4.69, 9.17) is 4.52 Å². The molecule has 0 aliphatic carbocycles. The van der Waals surface area contributed by atoms with Gasteiger partial charge in [0.1, 0.15) is 0 Å². The molecule has 0 aliphatic rings. The molecule has 0 aliphatic heterocycles. The average Bonchev–Trinajstić information content (AvgIpc) is 3.12. The molecule has 0 saturated carbocycles. The van der Waals surface area contributed by atoms with Crippen molar-refractivity contribution in [1.29, 1.82) is 0 Å². The van der Waals surface area contributed by atoms with Gasteiger partial charge in [0.15, 0.2) is 5.76 Å². The number of hydrogen-bond donors (Lipinski definition) is 1. The second kappa shape index (κ2) is 8.02. The number of thiophene rings is 1. The molecular weight excluding hydrogens is 268 g/mol. The van der Waals surface area contributed by atoms with Gasteiger partial charge >= 0.3 is 0 Å². The largest absolute Gasteiger partial charge is 0.356 e. The first-order valence-electron chi connectivity index (χ1n) is 7.13. The van der Waals surface area contributed by atoms with E-state index in [2.05, 4.69) is 29.4 Å². The minimum atomic E-state index is 0.735. The highest BCUT2D eigenvalue weighted by molar-refractivity contribution is 7.08. The van der Waals surface area contributed by atoms with Gasteiger partial charge in [0.2, 0.25) is 0 Å². The predicted molar refractivity (Wildman–Crippen MR) is 84.7 cm³/mol. The van der Waals surface area contributed by atoms with E-state index in [9.17, 15) is 0 Å². The van der Waals surface area contributed by atoms with Gasteiger partial charge in [-0.25, -0.2) is 0 Å². The topological polar surface area (TPSA) is 38.1 Å². The average molecular weight is 290 g/mol. The second-order valence-corrected chi connectivity index (χ2v) is 5.74. The standard InChI is InChI=1S/C16H22N2OS/c1-3-5-13(4-2)6-8-17-11-15-10-16(19-18-15)14-7-9-20-12-14/h3,7,9-10,12-13,17H,1,4-6,8,11H2,2H3. The molecule has 0 aromatic carbocycles. The second-order valence-electron chi connectivity index (χ2n) is 4.96. The highest BCUT2D eigenvalue weighted by Gasteiger charge is 2.07. The molecule has 2 heterocycles. The van der Waals surface area contributed by atoms with Crippen LogP contribution >= 0.6 is 11.3 Å². The highest BCUT2D eigenvalue weighted by atomic mass is 32.1. The number of rotatable bonds is 9. The predicted octanol–water partition coefficient (Wildman–Crippen LogP) is 4.49. The van der Waals surface area contributed by atoms with Crippen molar-refractivity contribution in [2.75, 3.05) is 6.54 Å². The quantitative estimate of drug-likeness (QED) is 0.546. The van der Waals surface area contributed by atoms with E-state index in [1.807, 2.05) is 23.6 Å². The smallest absolute Gasteiger partial charge is 0.168 e. The Morgan fingerprint density at radius 3 is 3.15 bits per heavy atom. The van der Waals surface area contributed by atoms with Crippen molar-refractivity contribution in [3.05, 3.63) is 41.2 Å². The number of hydrogen-bond acceptors (Lipinski definition) is 4. The van der Waals surface area contributed by atoms with Crippen LogP contribution in [0.15, 0.2) is 40.1 Å². The van der Waals surface area contributed by atoms with E-state index in [-0.39, 0.29) is 0 Å². The Bertz CT molecular complexity index is 504. The Morgan fingerprint density at radius 2 is 2.45 bits per heavy atom. The maximum absolute atomic E-state index is 5.35. The molecule has 4 heteroatoms. The van der Waals surface area contributed by atoms with E-state index in [1.165, 1.54) is 12.8 Å². The van der Waals surface area contributed by atoms with E-state index in [1.54, 1.807) is 11.3 Å². The van der Waals surface area contributed by atoms with E-state index >= 15 is 0 Å². The van der Waals surface area contributed by atoms with Crippen LogP contribution in [0.4, 0.5) is 0 Å². The van der Waals surface area contributed by atoms with Gasteiger partial charge in [0.25, 0.3) is 0 Å². The van der Waals surface area contributed by atoms with Gasteiger partial charge in [-0.15, -0.1) is 6.58 Å². The summed E-state index contributed by atoms with van der Waals surface area (Å²) in [6.07, 6.45) is 5.50. The van der Waals surface area contributed by atoms with Gasteiger partial charge in [0.05, 0.1) is 5.69 Å². The van der Waals surface area contributed by atoms with Crippen LogP contribution < -0.4 is 5.32 Å². The molecule has 0 fully saturated rings. The lowest BCUT2D eigenvalue weighted by Crippen LogP contribution is -2.17. The zero-order valence-corrected chi connectivity index (χ0v) is 12.8. The molecule has 2 rings (SSSR count). The van der Waals surface area contributed by atoms with Crippen LogP contribution in [-0.2, 0) is 6.54 Å². The minimum absolute atomic E-state index is 0.735. The monoisotopic (exact) mass is 290 g/mol. The molecule has 2 aromatic heterocycles. The fraction of sp³-hybridized carbons (Fsp3) is 0.438. The van der Waals surface area contributed by atoms with Crippen molar-refractivity contribution >= 4 is 11.3 Å². The molecule has 1 N–H and O–H groups in total. The molecular formula is C16H22N2OS. The summed E-state index contributed by atoms with van der Waals surface area (Å²) in [6.45, 7) is 7.81. The van der Waals surface area contributed by atoms with Gasteiger partial charge in [-0.05, 0) is 36.8 Å². The molecule has 0 bridgehead atoms. The normalized spacial score (nSPS) is 12.4. The van der Waals surface area contributed by atoms with Gasteiger partial charge in [-0.2, -0.15) is 11.3 Å². The molecule has 1 atom stereocenters. The summed E-state index contributed by atoms with van der Waals surface area (Å²) in [5.41, 5.74) is 2.06. The molecule has 0 saturated heterocycles. The summed E-state index contributed by atoms with van der Waals surface area (Å²) >= 11 is 1.66. The molecule has 1 unspecified atom stereocenters. The zero-order chi connectivity index (χ0) is 14.2. The zero-order valence-electron chi connectivity index (χ0n) is 12.0. The maximum atomic E-state index is 5.35. The Hall–Kier alpha value is -1.39. The van der Waals surface area contributed by atoms with Crippen LogP contribution in [0.1, 0.15) is 31.9 Å². The first kappa shape index (κ1) is 15.0. The third kappa shape index (κ3) is 4.32. The molecule has 20 heavy (non-hydrogen) atoms. The van der Waals surface area contributed by atoms with Crippen molar-refractivity contribution in [3.8, 4) is 11.3 Å². The summed E-state index contributed by atoms with van der Waals surface area (Å²) in [5.74, 6) is 1.58. The first-order valence-corrected chi connectivity index (χ1v) is 8.07. The SMILES string of the molecule is C=CCC(CC)CCNCc1cc(-c2ccsc2)on1. The Kier molecular flexibility index (Phi) is 6.02. The van der Waals surface area contributed by atoms with Gasteiger partial charge in [0, 0.05) is 23.6 Å².